The van der Waals surface area contributed by atoms with Gasteiger partial charge < -0.3 is 16.4 Å². The van der Waals surface area contributed by atoms with E-state index in [2.05, 4.69) is 23.6 Å². The van der Waals surface area contributed by atoms with Crippen molar-refractivity contribution in [1.29, 1.82) is 0 Å². The number of amides is 1. The van der Waals surface area contributed by atoms with E-state index in [1.54, 1.807) is 25.2 Å². The highest BCUT2D eigenvalue weighted by Crippen LogP contribution is 2.26. The zero-order valence-corrected chi connectivity index (χ0v) is 11.9. The maximum absolute atomic E-state index is 11.7. The first-order valence-corrected chi connectivity index (χ1v) is 6.47. The van der Waals surface area contributed by atoms with E-state index in [9.17, 15) is 4.79 Å². The largest absolute Gasteiger partial charge is 0.397 e. The van der Waals surface area contributed by atoms with Gasteiger partial charge in [-0.1, -0.05) is 17.7 Å². The minimum Gasteiger partial charge on any atom is -0.397 e. The molecule has 0 saturated heterocycles. The van der Waals surface area contributed by atoms with Gasteiger partial charge in [-0.2, -0.15) is 0 Å². The number of nitrogen functional groups attached to an aromatic ring is 1. The van der Waals surface area contributed by atoms with E-state index in [0.717, 1.165) is 16.9 Å². The Morgan fingerprint density at radius 2 is 1.80 bits per heavy atom. The molecule has 0 bridgehead atoms. The van der Waals surface area contributed by atoms with Crippen molar-refractivity contribution in [2.45, 2.75) is 13.8 Å². The number of nitrogens with one attached hydrogen (secondary N) is 2. The molecule has 4 heteroatoms. The van der Waals surface area contributed by atoms with Crippen molar-refractivity contribution in [3.63, 3.8) is 0 Å². The van der Waals surface area contributed by atoms with Gasteiger partial charge in [0.15, 0.2) is 0 Å². The third-order valence-corrected chi connectivity index (χ3v) is 3.19. The highest BCUT2D eigenvalue weighted by Gasteiger charge is 2.08. The molecule has 0 aromatic heterocycles. The molecule has 2 aromatic rings. The Hall–Kier alpha value is -2.49. The molecule has 0 atom stereocenters. The summed E-state index contributed by atoms with van der Waals surface area (Å²) in [5, 5.41) is 5.89. The van der Waals surface area contributed by atoms with Crippen LogP contribution in [0.3, 0.4) is 0 Å². The molecule has 4 nitrogen and oxygen atoms in total. The summed E-state index contributed by atoms with van der Waals surface area (Å²) in [6.07, 6.45) is 0. The lowest BCUT2D eigenvalue weighted by Crippen LogP contribution is -2.18. The average Bonchev–Trinajstić information content (AvgIpc) is 2.43. The topological polar surface area (TPSA) is 67.2 Å². The fraction of sp³-hybridized carbons (Fsp3) is 0.188. The zero-order valence-electron chi connectivity index (χ0n) is 11.9. The first kappa shape index (κ1) is 13.9. The molecule has 0 radical (unpaired) electrons. The third kappa shape index (κ3) is 2.91. The minimum absolute atomic E-state index is 0.131. The van der Waals surface area contributed by atoms with Gasteiger partial charge in [-0.05, 0) is 43.7 Å². The SMILES string of the molecule is CNC(=O)c1ccc(N)c(Nc2ccc(C)cc2C)c1. The average molecular weight is 269 g/mol. The Labute approximate surface area is 119 Å². The smallest absolute Gasteiger partial charge is 0.251 e. The molecule has 20 heavy (non-hydrogen) atoms. The van der Waals surface area contributed by atoms with Crippen molar-refractivity contribution in [2.24, 2.45) is 0 Å². The molecule has 2 rings (SSSR count). The van der Waals surface area contributed by atoms with Crippen molar-refractivity contribution in [1.82, 2.24) is 5.32 Å². The number of hydrogen-bond donors (Lipinski definition) is 3. The summed E-state index contributed by atoms with van der Waals surface area (Å²) < 4.78 is 0. The number of hydrogen-bond acceptors (Lipinski definition) is 3. The first-order valence-electron chi connectivity index (χ1n) is 6.47. The summed E-state index contributed by atoms with van der Waals surface area (Å²) in [5.74, 6) is -0.131. The number of rotatable bonds is 3. The van der Waals surface area contributed by atoms with Gasteiger partial charge in [0.25, 0.3) is 5.91 Å². The second-order valence-electron chi connectivity index (χ2n) is 4.82. The van der Waals surface area contributed by atoms with Crippen molar-refractivity contribution < 1.29 is 4.79 Å². The van der Waals surface area contributed by atoms with Gasteiger partial charge >= 0.3 is 0 Å². The fourth-order valence-corrected chi connectivity index (χ4v) is 2.05. The number of nitrogens with two attached hydrogens (primary N) is 1. The number of anilines is 3. The molecule has 1 amide bonds. The normalized spacial score (nSPS) is 10.2. The van der Waals surface area contributed by atoms with Crippen LogP contribution in [-0.2, 0) is 0 Å². The molecule has 0 saturated carbocycles. The van der Waals surface area contributed by atoms with Crippen LogP contribution in [0.25, 0.3) is 0 Å². The molecule has 0 spiro atoms. The van der Waals surface area contributed by atoms with Gasteiger partial charge in [-0.15, -0.1) is 0 Å². The lowest BCUT2D eigenvalue weighted by Gasteiger charge is -2.13. The fourth-order valence-electron chi connectivity index (χ4n) is 2.05. The molecule has 0 aliphatic rings. The molecular formula is C16H19N3O. The third-order valence-electron chi connectivity index (χ3n) is 3.19. The van der Waals surface area contributed by atoms with Gasteiger partial charge in [0.1, 0.15) is 0 Å². The van der Waals surface area contributed by atoms with Crippen molar-refractivity contribution in [3.8, 4) is 0 Å². The van der Waals surface area contributed by atoms with Gasteiger partial charge in [0.2, 0.25) is 0 Å². The second kappa shape index (κ2) is 5.65. The van der Waals surface area contributed by atoms with Gasteiger partial charge in [0, 0.05) is 18.3 Å². The molecule has 104 valence electrons. The monoisotopic (exact) mass is 269 g/mol. The Kier molecular flexibility index (Phi) is 3.94. The summed E-state index contributed by atoms with van der Waals surface area (Å²) in [4.78, 5) is 11.7. The molecule has 2 aromatic carbocycles. The predicted molar refractivity (Wildman–Crippen MR) is 83.4 cm³/mol. The van der Waals surface area contributed by atoms with E-state index in [0.29, 0.717) is 11.3 Å². The van der Waals surface area contributed by atoms with Crippen LogP contribution in [0.1, 0.15) is 21.5 Å². The van der Waals surface area contributed by atoms with Crippen molar-refractivity contribution >= 4 is 23.0 Å². The molecule has 0 fully saturated rings. The number of benzene rings is 2. The van der Waals surface area contributed by atoms with Crippen LogP contribution in [0.2, 0.25) is 0 Å². The van der Waals surface area contributed by atoms with E-state index >= 15 is 0 Å². The van der Waals surface area contributed by atoms with E-state index < -0.39 is 0 Å². The van der Waals surface area contributed by atoms with Crippen molar-refractivity contribution in [3.05, 3.63) is 53.1 Å². The lowest BCUT2D eigenvalue weighted by atomic mass is 10.1. The first-order chi connectivity index (χ1) is 9.51. The number of aryl methyl sites for hydroxylation is 2. The van der Waals surface area contributed by atoms with Crippen LogP contribution in [0.15, 0.2) is 36.4 Å². The Morgan fingerprint density at radius 3 is 2.45 bits per heavy atom. The Morgan fingerprint density at radius 1 is 1.05 bits per heavy atom. The van der Waals surface area contributed by atoms with Crippen LogP contribution >= 0.6 is 0 Å². The summed E-state index contributed by atoms with van der Waals surface area (Å²) in [7, 11) is 1.61. The second-order valence-corrected chi connectivity index (χ2v) is 4.82. The van der Waals surface area contributed by atoms with Gasteiger partial charge in [-0.3, -0.25) is 4.79 Å². The van der Waals surface area contributed by atoms with Crippen molar-refractivity contribution in [2.75, 3.05) is 18.1 Å². The maximum Gasteiger partial charge on any atom is 0.251 e. The quantitative estimate of drug-likeness (QED) is 0.750. The molecular weight excluding hydrogens is 250 g/mol. The number of carbonyl (C=O) groups is 1. The maximum atomic E-state index is 11.7. The summed E-state index contributed by atoms with van der Waals surface area (Å²) in [6.45, 7) is 4.09. The van der Waals surface area contributed by atoms with E-state index in [4.69, 9.17) is 5.73 Å². The molecule has 0 aliphatic heterocycles. The standard InChI is InChI=1S/C16H19N3O/c1-10-4-7-14(11(2)8-10)19-15-9-12(16(20)18-3)5-6-13(15)17/h4-9,19H,17H2,1-3H3,(H,18,20). The summed E-state index contributed by atoms with van der Waals surface area (Å²) >= 11 is 0. The van der Waals surface area contributed by atoms with Gasteiger partial charge in [-0.25, -0.2) is 0 Å². The van der Waals surface area contributed by atoms with Crippen LogP contribution in [0, 0.1) is 13.8 Å². The predicted octanol–water partition coefficient (Wildman–Crippen LogP) is 2.99. The zero-order chi connectivity index (χ0) is 14.7. The molecule has 4 N–H and O–H groups in total. The Bertz CT molecular complexity index is 650. The van der Waals surface area contributed by atoms with E-state index in [1.807, 2.05) is 19.1 Å². The van der Waals surface area contributed by atoms with Crippen LogP contribution in [0.5, 0.6) is 0 Å². The highest BCUT2D eigenvalue weighted by atomic mass is 16.1. The van der Waals surface area contributed by atoms with Crippen LogP contribution in [0.4, 0.5) is 17.1 Å². The van der Waals surface area contributed by atoms with Gasteiger partial charge in [0.05, 0.1) is 11.4 Å². The minimum atomic E-state index is -0.131. The lowest BCUT2D eigenvalue weighted by molar-refractivity contribution is 0.0963. The van der Waals surface area contributed by atoms with Crippen LogP contribution in [-0.4, -0.2) is 13.0 Å². The van der Waals surface area contributed by atoms with Crippen LogP contribution < -0.4 is 16.4 Å². The highest BCUT2D eigenvalue weighted by molar-refractivity contribution is 5.96. The molecule has 0 aliphatic carbocycles. The Balaban J connectivity index is 2.35. The number of carbonyl (C=O) groups excluding carboxylic acids is 1. The molecule has 0 unspecified atom stereocenters. The van der Waals surface area contributed by atoms with E-state index in [-0.39, 0.29) is 5.91 Å². The molecule has 0 heterocycles. The summed E-state index contributed by atoms with van der Waals surface area (Å²) in [6, 6.07) is 11.3. The van der Waals surface area contributed by atoms with E-state index in [1.165, 1.54) is 5.56 Å². The summed E-state index contributed by atoms with van der Waals surface area (Å²) in [5.41, 5.74) is 11.2.